The average Bonchev–Trinajstić information content (AvgIpc) is 2.96. The van der Waals surface area contributed by atoms with E-state index in [0.29, 0.717) is 19.8 Å². The second kappa shape index (κ2) is 7.01. The normalized spacial score (nSPS) is 18.2. The number of aromatic nitrogens is 1. The fourth-order valence-electron chi connectivity index (χ4n) is 1.81. The Hall–Kier alpha value is -1.72. The SMILES string of the molecule is C=CC(=O)NCc1cccc(COC2CCOC2)n1. The lowest BCUT2D eigenvalue weighted by Crippen LogP contribution is -2.21. The van der Waals surface area contributed by atoms with Crippen LogP contribution in [-0.4, -0.2) is 30.2 Å². The van der Waals surface area contributed by atoms with Crippen LogP contribution in [0.5, 0.6) is 0 Å². The van der Waals surface area contributed by atoms with Crippen LogP contribution in [0.15, 0.2) is 30.9 Å². The van der Waals surface area contributed by atoms with Crippen molar-refractivity contribution in [3.8, 4) is 0 Å². The molecule has 1 amide bonds. The minimum absolute atomic E-state index is 0.172. The maximum atomic E-state index is 11.1. The molecule has 0 bridgehead atoms. The zero-order valence-electron chi connectivity index (χ0n) is 10.8. The van der Waals surface area contributed by atoms with Gasteiger partial charge in [0.15, 0.2) is 0 Å². The molecule has 1 fully saturated rings. The number of hydrogen-bond donors (Lipinski definition) is 1. The van der Waals surface area contributed by atoms with Crippen LogP contribution < -0.4 is 5.32 Å². The molecule has 0 aromatic carbocycles. The molecule has 19 heavy (non-hydrogen) atoms. The third-order valence-electron chi connectivity index (χ3n) is 2.85. The van der Waals surface area contributed by atoms with E-state index in [-0.39, 0.29) is 12.0 Å². The first kappa shape index (κ1) is 13.7. The van der Waals surface area contributed by atoms with Gasteiger partial charge < -0.3 is 14.8 Å². The molecule has 0 spiro atoms. The van der Waals surface area contributed by atoms with E-state index in [1.54, 1.807) is 0 Å². The highest BCUT2D eigenvalue weighted by molar-refractivity contribution is 5.86. The van der Waals surface area contributed by atoms with Crippen LogP contribution in [0.2, 0.25) is 0 Å². The van der Waals surface area contributed by atoms with Crippen LogP contribution >= 0.6 is 0 Å². The van der Waals surface area contributed by atoms with E-state index in [1.807, 2.05) is 18.2 Å². The highest BCUT2D eigenvalue weighted by atomic mass is 16.5. The number of hydrogen-bond acceptors (Lipinski definition) is 4. The van der Waals surface area contributed by atoms with E-state index in [1.165, 1.54) is 6.08 Å². The molecule has 1 saturated heterocycles. The van der Waals surface area contributed by atoms with Gasteiger partial charge in [-0.1, -0.05) is 12.6 Å². The van der Waals surface area contributed by atoms with Crippen molar-refractivity contribution in [2.45, 2.75) is 25.7 Å². The molecular formula is C14H18N2O3. The summed E-state index contributed by atoms with van der Waals surface area (Å²) in [5.41, 5.74) is 1.66. The van der Waals surface area contributed by atoms with Crippen molar-refractivity contribution in [1.29, 1.82) is 0 Å². The summed E-state index contributed by atoms with van der Waals surface area (Å²) in [4.78, 5) is 15.5. The summed E-state index contributed by atoms with van der Waals surface area (Å²) < 4.78 is 10.9. The summed E-state index contributed by atoms with van der Waals surface area (Å²) >= 11 is 0. The first-order valence-electron chi connectivity index (χ1n) is 6.32. The summed E-state index contributed by atoms with van der Waals surface area (Å²) in [6.07, 6.45) is 2.35. The molecule has 2 heterocycles. The predicted molar refractivity (Wildman–Crippen MR) is 70.3 cm³/mol. The number of nitrogens with zero attached hydrogens (tertiary/aromatic N) is 1. The van der Waals surface area contributed by atoms with Crippen molar-refractivity contribution < 1.29 is 14.3 Å². The number of rotatable bonds is 6. The lowest BCUT2D eigenvalue weighted by atomic mass is 10.3. The fraction of sp³-hybridized carbons (Fsp3) is 0.429. The molecule has 1 aromatic rings. The van der Waals surface area contributed by atoms with Gasteiger partial charge >= 0.3 is 0 Å². The van der Waals surface area contributed by atoms with Gasteiger partial charge in [0.1, 0.15) is 0 Å². The number of carbonyl (C=O) groups is 1. The Morgan fingerprint density at radius 1 is 1.58 bits per heavy atom. The highest BCUT2D eigenvalue weighted by Gasteiger charge is 2.16. The van der Waals surface area contributed by atoms with E-state index in [9.17, 15) is 4.79 Å². The molecular weight excluding hydrogens is 244 g/mol. The Morgan fingerprint density at radius 2 is 2.42 bits per heavy atom. The molecule has 5 heteroatoms. The molecule has 1 aromatic heterocycles. The Balaban J connectivity index is 1.83. The van der Waals surface area contributed by atoms with Gasteiger partial charge in [0.25, 0.3) is 0 Å². The van der Waals surface area contributed by atoms with Crippen molar-refractivity contribution in [2.24, 2.45) is 0 Å². The first-order chi connectivity index (χ1) is 9.28. The zero-order valence-corrected chi connectivity index (χ0v) is 10.8. The molecule has 102 valence electrons. The minimum Gasteiger partial charge on any atom is -0.379 e. The number of pyridine rings is 1. The van der Waals surface area contributed by atoms with Crippen LogP contribution in [0.25, 0.3) is 0 Å². The van der Waals surface area contributed by atoms with Gasteiger partial charge in [0, 0.05) is 6.61 Å². The van der Waals surface area contributed by atoms with Crippen LogP contribution in [0.1, 0.15) is 17.8 Å². The smallest absolute Gasteiger partial charge is 0.243 e. The molecule has 0 aliphatic carbocycles. The van der Waals surface area contributed by atoms with Gasteiger partial charge in [-0.15, -0.1) is 0 Å². The number of nitrogens with one attached hydrogen (secondary N) is 1. The van der Waals surface area contributed by atoms with Crippen LogP contribution in [0.4, 0.5) is 0 Å². The van der Waals surface area contributed by atoms with Crippen molar-refractivity contribution in [3.05, 3.63) is 42.2 Å². The standard InChI is InChI=1S/C14H18N2O3/c1-2-14(17)15-8-11-4-3-5-12(16-11)9-19-13-6-7-18-10-13/h2-5,13H,1,6-10H2,(H,15,17). The molecule has 2 rings (SSSR count). The first-order valence-corrected chi connectivity index (χ1v) is 6.32. The summed E-state index contributed by atoms with van der Waals surface area (Å²) in [6.45, 7) is 5.69. The van der Waals surface area contributed by atoms with Gasteiger partial charge in [-0.05, 0) is 24.6 Å². The Morgan fingerprint density at radius 3 is 3.16 bits per heavy atom. The third kappa shape index (κ3) is 4.46. The van der Waals surface area contributed by atoms with Crippen molar-refractivity contribution in [3.63, 3.8) is 0 Å². The number of amides is 1. The molecule has 1 unspecified atom stereocenters. The molecule has 0 saturated carbocycles. The number of carbonyl (C=O) groups excluding carboxylic acids is 1. The van der Waals surface area contributed by atoms with E-state index in [0.717, 1.165) is 24.4 Å². The quantitative estimate of drug-likeness (QED) is 0.782. The van der Waals surface area contributed by atoms with Crippen LogP contribution in [0.3, 0.4) is 0 Å². The second-order valence-corrected chi connectivity index (χ2v) is 4.34. The predicted octanol–water partition coefficient (Wildman–Crippen LogP) is 1.19. The maximum Gasteiger partial charge on any atom is 0.243 e. The molecule has 0 radical (unpaired) electrons. The zero-order chi connectivity index (χ0) is 13.5. The minimum atomic E-state index is -0.202. The Kier molecular flexibility index (Phi) is 5.06. The van der Waals surface area contributed by atoms with Crippen molar-refractivity contribution >= 4 is 5.91 Å². The van der Waals surface area contributed by atoms with Crippen LogP contribution in [0, 0.1) is 0 Å². The topological polar surface area (TPSA) is 60.5 Å². The van der Waals surface area contributed by atoms with E-state index >= 15 is 0 Å². The number of ether oxygens (including phenoxy) is 2. The summed E-state index contributed by atoms with van der Waals surface area (Å²) in [5.74, 6) is -0.202. The van der Waals surface area contributed by atoms with E-state index in [2.05, 4.69) is 16.9 Å². The van der Waals surface area contributed by atoms with Gasteiger partial charge in [0.05, 0.1) is 37.3 Å². The van der Waals surface area contributed by atoms with E-state index < -0.39 is 0 Å². The second-order valence-electron chi connectivity index (χ2n) is 4.34. The van der Waals surface area contributed by atoms with Gasteiger partial charge in [0.2, 0.25) is 5.91 Å². The van der Waals surface area contributed by atoms with Crippen molar-refractivity contribution in [1.82, 2.24) is 10.3 Å². The van der Waals surface area contributed by atoms with Crippen LogP contribution in [-0.2, 0) is 27.4 Å². The largest absolute Gasteiger partial charge is 0.379 e. The molecule has 5 nitrogen and oxygen atoms in total. The van der Waals surface area contributed by atoms with E-state index in [4.69, 9.17) is 9.47 Å². The summed E-state index contributed by atoms with van der Waals surface area (Å²) in [6, 6.07) is 5.69. The molecule has 1 aliphatic rings. The average molecular weight is 262 g/mol. The van der Waals surface area contributed by atoms with Gasteiger partial charge in [-0.3, -0.25) is 9.78 Å². The van der Waals surface area contributed by atoms with Gasteiger partial charge in [-0.25, -0.2) is 0 Å². The molecule has 1 N–H and O–H groups in total. The lowest BCUT2D eigenvalue weighted by molar-refractivity contribution is -0.116. The summed E-state index contributed by atoms with van der Waals surface area (Å²) in [7, 11) is 0. The molecule has 1 atom stereocenters. The molecule has 1 aliphatic heterocycles. The third-order valence-corrected chi connectivity index (χ3v) is 2.85. The van der Waals surface area contributed by atoms with Crippen molar-refractivity contribution in [2.75, 3.05) is 13.2 Å². The summed E-state index contributed by atoms with van der Waals surface area (Å²) in [5, 5.41) is 2.69. The fourth-order valence-corrected chi connectivity index (χ4v) is 1.81. The maximum absolute atomic E-state index is 11.1. The van der Waals surface area contributed by atoms with Gasteiger partial charge in [-0.2, -0.15) is 0 Å². The Bertz CT molecular complexity index is 442. The monoisotopic (exact) mass is 262 g/mol. The Labute approximate surface area is 112 Å². The highest BCUT2D eigenvalue weighted by Crippen LogP contribution is 2.10. The lowest BCUT2D eigenvalue weighted by Gasteiger charge is -2.10.